The molecule has 0 spiro atoms. The van der Waals surface area contributed by atoms with Crippen LogP contribution in [-0.4, -0.2) is 4.98 Å². The number of hydrogen-bond acceptors (Lipinski definition) is 2. The van der Waals surface area contributed by atoms with Gasteiger partial charge < -0.3 is 4.74 Å². The minimum absolute atomic E-state index is 0.313. The number of pyridine rings is 1. The van der Waals surface area contributed by atoms with Crippen LogP contribution < -0.4 is 4.74 Å². The molecule has 0 N–H and O–H groups in total. The molecule has 3 aromatic rings. The Balaban J connectivity index is 2.03. The summed E-state index contributed by atoms with van der Waals surface area (Å²) in [4.78, 5) is 4.27. The molecule has 2 nitrogen and oxygen atoms in total. The molecule has 0 amide bonds. The third-order valence-corrected chi connectivity index (χ3v) is 3.34. The van der Waals surface area contributed by atoms with E-state index < -0.39 is 0 Å². The molecule has 0 fully saturated rings. The van der Waals surface area contributed by atoms with Crippen molar-refractivity contribution in [2.75, 3.05) is 0 Å². The van der Waals surface area contributed by atoms with Crippen LogP contribution in [0.25, 0.3) is 10.9 Å². The minimum Gasteiger partial charge on any atom is -0.457 e. The number of hydrogen-bond donors (Lipinski definition) is 0. The molecule has 0 saturated heterocycles. The third-order valence-electron chi connectivity index (χ3n) is 2.73. The Hall–Kier alpha value is -1.94. The molecule has 0 aliphatic carbocycles. The van der Waals surface area contributed by atoms with Crippen molar-refractivity contribution in [3.05, 3.63) is 65.0 Å². The summed E-state index contributed by atoms with van der Waals surface area (Å²) in [6.45, 7) is 0. The molecule has 0 unspecified atom stereocenters. The number of fused-ring (bicyclic) bond motifs is 1. The van der Waals surface area contributed by atoms with Crippen LogP contribution in [0.15, 0.2) is 59.2 Å². The maximum atomic E-state index is 13.2. The van der Waals surface area contributed by atoms with Crippen molar-refractivity contribution in [3.63, 3.8) is 0 Å². The monoisotopic (exact) mass is 317 g/mol. The van der Waals surface area contributed by atoms with Crippen LogP contribution in [0, 0.1) is 5.82 Å². The number of benzene rings is 2. The lowest BCUT2D eigenvalue weighted by atomic mass is 10.2. The van der Waals surface area contributed by atoms with E-state index in [1.807, 2.05) is 24.3 Å². The van der Waals surface area contributed by atoms with E-state index in [9.17, 15) is 4.39 Å². The van der Waals surface area contributed by atoms with Gasteiger partial charge in [-0.3, -0.25) is 4.98 Å². The molecule has 1 heterocycles. The largest absolute Gasteiger partial charge is 0.457 e. The number of ether oxygens (including phenoxy) is 1. The second-order valence-corrected chi connectivity index (χ2v) is 4.86. The van der Waals surface area contributed by atoms with Gasteiger partial charge in [0, 0.05) is 11.6 Å². The first kappa shape index (κ1) is 12.1. The van der Waals surface area contributed by atoms with Crippen LogP contribution >= 0.6 is 15.9 Å². The SMILES string of the molecule is Fc1ccc(Oc2ccnc3ccccc23)cc1Br. The van der Waals surface area contributed by atoms with E-state index in [0.717, 1.165) is 10.9 Å². The Morgan fingerprint density at radius 3 is 2.74 bits per heavy atom. The van der Waals surface area contributed by atoms with Gasteiger partial charge in [-0.05, 0) is 52.3 Å². The highest BCUT2D eigenvalue weighted by atomic mass is 79.9. The van der Waals surface area contributed by atoms with Crippen molar-refractivity contribution in [1.82, 2.24) is 4.98 Å². The van der Waals surface area contributed by atoms with Crippen LogP contribution in [0.2, 0.25) is 0 Å². The average Bonchev–Trinajstić information content (AvgIpc) is 2.43. The predicted octanol–water partition coefficient (Wildman–Crippen LogP) is 4.93. The van der Waals surface area contributed by atoms with Gasteiger partial charge in [-0.25, -0.2) is 4.39 Å². The highest BCUT2D eigenvalue weighted by Gasteiger charge is 2.06. The summed E-state index contributed by atoms with van der Waals surface area (Å²) >= 11 is 3.14. The van der Waals surface area contributed by atoms with Crippen LogP contribution in [-0.2, 0) is 0 Å². The molecule has 3 rings (SSSR count). The standard InChI is InChI=1S/C15H9BrFNO/c16-12-9-10(5-6-13(12)17)19-15-7-8-18-14-4-2-1-3-11(14)15/h1-9H. The maximum absolute atomic E-state index is 13.2. The zero-order valence-corrected chi connectivity index (χ0v) is 11.4. The van der Waals surface area contributed by atoms with Crippen LogP contribution in [0.4, 0.5) is 4.39 Å². The molecule has 0 aliphatic rings. The van der Waals surface area contributed by atoms with Gasteiger partial charge in [0.15, 0.2) is 0 Å². The van der Waals surface area contributed by atoms with Crippen molar-refractivity contribution in [1.29, 1.82) is 0 Å². The average molecular weight is 318 g/mol. The summed E-state index contributed by atoms with van der Waals surface area (Å²) < 4.78 is 19.3. The molecule has 94 valence electrons. The van der Waals surface area contributed by atoms with E-state index in [1.165, 1.54) is 6.07 Å². The molecule has 0 atom stereocenters. The van der Waals surface area contributed by atoms with Gasteiger partial charge in [0.2, 0.25) is 0 Å². The second-order valence-electron chi connectivity index (χ2n) is 4.00. The first-order valence-electron chi connectivity index (χ1n) is 5.71. The number of aromatic nitrogens is 1. The van der Waals surface area contributed by atoms with Gasteiger partial charge in [0.1, 0.15) is 17.3 Å². The van der Waals surface area contributed by atoms with E-state index in [1.54, 1.807) is 24.4 Å². The summed E-state index contributed by atoms with van der Waals surface area (Å²) in [6.07, 6.45) is 1.69. The summed E-state index contributed by atoms with van der Waals surface area (Å²) in [7, 11) is 0. The van der Waals surface area contributed by atoms with Crippen molar-refractivity contribution < 1.29 is 9.13 Å². The zero-order valence-electron chi connectivity index (χ0n) is 9.81. The highest BCUT2D eigenvalue weighted by molar-refractivity contribution is 9.10. The maximum Gasteiger partial charge on any atom is 0.138 e. The Morgan fingerprint density at radius 2 is 1.89 bits per heavy atom. The van der Waals surface area contributed by atoms with E-state index >= 15 is 0 Å². The van der Waals surface area contributed by atoms with E-state index in [0.29, 0.717) is 16.0 Å². The lowest BCUT2D eigenvalue weighted by Crippen LogP contribution is -1.88. The van der Waals surface area contributed by atoms with Crippen molar-refractivity contribution >= 4 is 26.8 Å². The number of nitrogens with zero attached hydrogens (tertiary/aromatic N) is 1. The number of rotatable bonds is 2. The molecule has 0 aliphatic heterocycles. The van der Waals surface area contributed by atoms with Crippen molar-refractivity contribution in [3.8, 4) is 11.5 Å². The fourth-order valence-corrected chi connectivity index (χ4v) is 2.18. The van der Waals surface area contributed by atoms with Gasteiger partial charge in [-0.1, -0.05) is 12.1 Å². The number of para-hydroxylation sites is 1. The Bertz CT molecular complexity index is 740. The Morgan fingerprint density at radius 1 is 1.05 bits per heavy atom. The van der Waals surface area contributed by atoms with Gasteiger partial charge in [0.05, 0.1) is 9.99 Å². The van der Waals surface area contributed by atoms with E-state index in [2.05, 4.69) is 20.9 Å². The van der Waals surface area contributed by atoms with Crippen molar-refractivity contribution in [2.24, 2.45) is 0 Å². The fourth-order valence-electron chi connectivity index (χ4n) is 1.83. The first-order valence-corrected chi connectivity index (χ1v) is 6.50. The predicted molar refractivity (Wildman–Crippen MR) is 75.9 cm³/mol. The fraction of sp³-hybridized carbons (Fsp3) is 0. The molecular formula is C15H9BrFNO. The van der Waals surface area contributed by atoms with Gasteiger partial charge in [-0.15, -0.1) is 0 Å². The molecular weight excluding hydrogens is 309 g/mol. The first-order chi connectivity index (χ1) is 9.24. The lowest BCUT2D eigenvalue weighted by molar-refractivity contribution is 0.485. The second kappa shape index (κ2) is 4.97. The van der Waals surface area contributed by atoms with Gasteiger partial charge in [-0.2, -0.15) is 0 Å². The third kappa shape index (κ3) is 2.44. The minimum atomic E-state index is -0.313. The summed E-state index contributed by atoms with van der Waals surface area (Å²) in [6, 6.07) is 14.1. The van der Waals surface area contributed by atoms with Crippen molar-refractivity contribution in [2.45, 2.75) is 0 Å². The topological polar surface area (TPSA) is 22.1 Å². The summed E-state index contributed by atoms with van der Waals surface area (Å²) in [5, 5.41) is 0.922. The molecule has 4 heteroatoms. The Labute approximate surface area is 118 Å². The summed E-state index contributed by atoms with van der Waals surface area (Å²) in [5.74, 6) is 0.959. The molecule has 0 radical (unpaired) electrons. The lowest BCUT2D eigenvalue weighted by Gasteiger charge is -2.08. The normalized spacial score (nSPS) is 10.6. The van der Waals surface area contributed by atoms with Gasteiger partial charge >= 0.3 is 0 Å². The van der Waals surface area contributed by atoms with Crippen LogP contribution in [0.5, 0.6) is 11.5 Å². The molecule has 0 saturated carbocycles. The molecule has 2 aromatic carbocycles. The Kier molecular flexibility index (Phi) is 3.17. The van der Waals surface area contributed by atoms with Crippen LogP contribution in [0.1, 0.15) is 0 Å². The van der Waals surface area contributed by atoms with E-state index in [4.69, 9.17) is 4.74 Å². The molecule has 19 heavy (non-hydrogen) atoms. The number of halogens is 2. The smallest absolute Gasteiger partial charge is 0.138 e. The van der Waals surface area contributed by atoms with Gasteiger partial charge in [0.25, 0.3) is 0 Å². The molecule has 0 bridgehead atoms. The van der Waals surface area contributed by atoms with E-state index in [-0.39, 0.29) is 5.82 Å². The molecule has 1 aromatic heterocycles. The summed E-state index contributed by atoms with van der Waals surface area (Å²) in [5.41, 5.74) is 0.862. The quantitative estimate of drug-likeness (QED) is 0.668. The van der Waals surface area contributed by atoms with Crippen LogP contribution in [0.3, 0.4) is 0 Å². The highest BCUT2D eigenvalue weighted by Crippen LogP contribution is 2.30. The zero-order chi connectivity index (χ0) is 13.2.